The molecule has 1 heterocycles. The Morgan fingerprint density at radius 3 is 2.65 bits per heavy atom. The molecule has 0 atom stereocenters. The molecular formula is C12H16N4O2S2. The Labute approximate surface area is 122 Å². The molecule has 0 unspecified atom stereocenters. The zero-order chi connectivity index (χ0) is 14.6. The molecule has 20 heavy (non-hydrogen) atoms. The number of benzene rings is 1. The third kappa shape index (κ3) is 3.53. The molecule has 3 N–H and O–H groups in total. The summed E-state index contributed by atoms with van der Waals surface area (Å²) in [5, 5.41) is 0.00205. The predicted octanol–water partition coefficient (Wildman–Crippen LogP) is 1.07. The lowest BCUT2D eigenvalue weighted by Gasteiger charge is -2.07. The van der Waals surface area contributed by atoms with E-state index in [-0.39, 0.29) is 10.8 Å². The lowest BCUT2D eigenvalue weighted by Crippen LogP contribution is -2.28. The number of hydrogen-bond acceptors (Lipinski definition) is 5. The molecule has 0 radical (unpaired) electrons. The molecule has 1 aromatic heterocycles. The molecule has 0 aliphatic carbocycles. The van der Waals surface area contributed by atoms with Gasteiger partial charge in [-0.15, -0.1) is 11.8 Å². The third-order valence-electron chi connectivity index (χ3n) is 2.57. The van der Waals surface area contributed by atoms with Gasteiger partial charge in [0.05, 0.1) is 6.33 Å². The van der Waals surface area contributed by atoms with Crippen LogP contribution in [0.3, 0.4) is 0 Å². The Morgan fingerprint density at radius 2 is 2.05 bits per heavy atom. The van der Waals surface area contributed by atoms with Crippen molar-refractivity contribution in [1.29, 1.82) is 0 Å². The number of nitrogens with one attached hydrogen (secondary N) is 1. The molecule has 0 amide bonds. The van der Waals surface area contributed by atoms with E-state index in [2.05, 4.69) is 9.71 Å². The van der Waals surface area contributed by atoms with Gasteiger partial charge in [0.1, 0.15) is 0 Å². The molecule has 1 aromatic carbocycles. The van der Waals surface area contributed by atoms with E-state index in [9.17, 15) is 8.42 Å². The van der Waals surface area contributed by atoms with Crippen LogP contribution in [0.2, 0.25) is 0 Å². The average molecular weight is 312 g/mol. The summed E-state index contributed by atoms with van der Waals surface area (Å²) in [7, 11) is -2.03. The predicted molar refractivity (Wildman–Crippen MR) is 80.0 cm³/mol. The number of hydrogen-bond donors (Lipinski definition) is 2. The highest BCUT2D eigenvalue weighted by Crippen LogP contribution is 2.17. The summed E-state index contributed by atoms with van der Waals surface area (Å²) in [6.07, 6.45) is 1.38. The van der Waals surface area contributed by atoms with Crippen molar-refractivity contribution in [2.45, 2.75) is 9.92 Å². The number of nitrogen functional groups attached to an aromatic ring is 1. The first kappa shape index (κ1) is 14.9. The van der Waals surface area contributed by atoms with Crippen molar-refractivity contribution < 1.29 is 8.42 Å². The maximum absolute atomic E-state index is 12.1. The van der Waals surface area contributed by atoms with Crippen LogP contribution in [0.5, 0.6) is 0 Å². The summed E-state index contributed by atoms with van der Waals surface area (Å²) in [5.41, 5.74) is 5.57. The normalized spacial score (nSPS) is 11.7. The number of aryl methyl sites for hydroxylation is 1. The second-order valence-corrected chi connectivity index (χ2v) is 6.96. The fraction of sp³-hybridized carbons (Fsp3) is 0.250. The van der Waals surface area contributed by atoms with Crippen molar-refractivity contribution in [3.8, 4) is 0 Å². The van der Waals surface area contributed by atoms with Crippen LogP contribution in [0, 0.1) is 0 Å². The summed E-state index contributed by atoms with van der Waals surface area (Å²) in [4.78, 5) is 4.88. The Balaban J connectivity index is 1.91. The number of sulfonamides is 1. The topological polar surface area (TPSA) is 90.0 Å². The van der Waals surface area contributed by atoms with Gasteiger partial charge in [0.15, 0.2) is 10.8 Å². The Hall–Kier alpha value is -1.51. The van der Waals surface area contributed by atoms with Gasteiger partial charge in [0.2, 0.25) is 0 Å². The van der Waals surface area contributed by atoms with Crippen LogP contribution in [0.15, 0.2) is 46.6 Å². The first-order valence-corrected chi connectivity index (χ1v) is 8.42. The van der Waals surface area contributed by atoms with Crippen molar-refractivity contribution in [2.24, 2.45) is 7.05 Å². The molecule has 0 bridgehead atoms. The van der Waals surface area contributed by atoms with E-state index >= 15 is 0 Å². The van der Waals surface area contributed by atoms with Crippen LogP contribution in [0.4, 0.5) is 5.82 Å². The third-order valence-corrected chi connectivity index (χ3v) is 5.17. The number of nitrogens with zero attached hydrogens (tertiary/aromatic N) is 2. The summed E-state index contributed by atoms with van der Waals surface area (Å²) in [6.45, 7) is 0.326. The maximum Gasteiger partial charge on any atom is 0.260 e. The number of aromatic nitrogens is 2. The summed E-state index contributed by atoms with van der Waals surface area (Å²) in [5.74, 6) is 0.650. The SMILES string of the molecule is Cn1cnc(N)c1S(=O)(=O)NCCSc1ccccc1. The molecule has 2 rings (SSSR count). The minimum absolute atomic E-state index is 0.00205. The lowest BCUT2D eigenvalue weighted by molar-refractivity contribution is 0.574. The van der Waals surface area contributed by atoms with Crippen molar-refractivity contribution in [3.63, 3.8) is 0 Å². The highest BCUT2D eigenvalue weighted by atomic mass is 32.2. The maximum atomic E-state index is 12.1. The van der Waals surface area contributed by atoms with Gasteiger partial charge in [-0.1, -0.05) is 18.2 Å². The fourth-order valence-corrected chi connectivity index (χ4v) is 3.87. The summed E-state index contributed by atoms with van der Waals surface area (Å²) in [6, 6.07) is 9.81. The molecule has 0 spiro atoms. The molecule has 8 heteroatoms. The molecule has 0 aliphatic heterocycles. The van der Waals surface area contributed by atoms with E-state index < -0.39 is 10.0 Å². The monoisotopic (exact) mass is 312 g/mol. The average Bonchev–Trinajstić information content (AvgIpc) is 2.76. The Bertz CT molecular complexity index is 649. The molecule has 0 fully saturated rings. The van der Waals surface area contributed by atoms with Crippen LogP contribution in [0.25, 0.3) is 0 Å². The fourth-order valence-electron chi connectivity index (χ4n) is 1.69. The van der Waals surface area contributed by atoms with Crippen molar-refractivity contribution in [2.75, 3.05) is 18.0 Å². The quantitative estimate of drug-likeness (QED) is 0.615. The van der Waals surface area contributed by atoms with Crippen molar-refractivity contribution in [3.05, 3.63) is 36.7 Å². The van der Waals surface area contributed by atoms with Crippen LogP contribution in [0.1, 0.15) is 0 Å². The Kier molecular flexibility index (Phi) is 4.69. The molecule has 108 valence electrons. The number of imidazole rings is 1. The van der Waals surface area contributed by atoms with E-state index in [4.69, 9.17) is 5.73 Å². The van der Waals surface area contributed by atoms with Gasteiger partial charge in [-0.2, -0.15) is 0 Å². The molecular weight excluding hydrogens is 296 g/mol. The first-order valence-electron chi connectivity index (χ1n) is 5.95. The van der Waals surface area contributed by atoms with E-state index in [1.54, 1.807) is 18.8 Å². The van der Waals surface area contributed by atoms with E-state index in [0.29, 0.717) is 12.3 Å². The van der Waals surface area contributed by atoms with Crippen molar-refractivity contribution >= 4 is 27.6 Å². The second-order valence-electron chi connectivity index (χ2n) is 4.11. The van der Waals surface area contributed by atoms with Crippen LogP contribution in [-0.4, -0.2) is 30.3 Å². The molecule has 2 aromatic rings. The van der Waals surface area contributed by atoms with Gasteiger partial charge in [-0.25, -0.2) is 18.1 Å². The number of thioether (sulfide) groups is 1. The zero-order valence-electron chi connectivity index (χ0n) is 11.0. The number of anilines is 1. The molecule has 0 saturated heterocycles. The first-order chi connectivity index (χ1) is 9.50. The van der Waals surface area contributed by atoms with Gasteiger partial charge >= 0.3 is 0 Å². The van der Waals surface area contributed by atoms with Gasteiger partial charge < -0.3 is 10.3 Å². The van der Waals surface area contributed by atoms with Crippen molar-refractivity contribution in [1.82, 2.24) is 14.3 Å². The van der Waals surface area contributed by atoms with Gasteiger partial charge in [0, 0.05) is 24.2 Å². The standard InChI is InChI=1S/C12H16N4O2S2/c1-16-9-14-11(13)12(16)20(17,18)15-7-8-19-10-5-3-2-4-6-10/h2-6,9,15H,7-8,13H2,1H3. The smallest absolute Gasteiger partial charge is 0.260 e. The van der Waals surface area contributed by atoms with E-state index in [1.165, 1.54) is 10.9 Å². The molecule has 0 aliphatic rings. The summed E-state index contributed by atoms with van der Waals surface area (Å²) >= 11 is 1.59. The van der Waals surface area contributed by atoms with Gasteiger partial charge in [-0.3, -0.25) is 0 Å². The van der Waals surface area contributed by atoms with Crippen LogP contribution >= 0.6 is 11.8 Å². The Morgan fingerprint density at radius 1 is 1.35 bits per heavy atom. The summed E-state index contributed by atoms with van der Waals surface area (Å²) < 4.78 is 28.1. The van der Waals surface area contributed by atoms with Crippen LogP contribution < -0.4 is 10.5 Å². The molecule has 6 nitrogen and oxygen atoms in total. The highest BCUT2D eigenvalue weighted by molar-refractivity contribution is 7.99. The number of nitrogens with two attached hydrogens (primary N) is 1. The van der Waals surface area contributed by atoms with E-state index in [1.807, 2.05) is 30.3 Å². The van der Waals surface area contributed by atoms with E-state index in [0.717, 1.165) is 4.90 Å². The van der Waals surface area contributed by atoms with Crippen LogP contribution in [-0.2, 0) is 17.1 Å². The minimum atomic E-state index is -3.62. The largest absolute Gasteiger partial charge is 0.381 e. The second kappa shape index (κ2) is 6.29. The van der Waals surface area contributed by atoms with Gasteiger partial charge in [0.25, 0.3) is 10.0 Å². The minimum Gasteiger partial charge on any atom is -0.381 e. The number of rotatable bonds is 6. The molecule has 0 saturated carbocycles. The van der Waals surface area contributed by atoms with Gasteiger partial charge in [-0.05, 0) is 12.1 Å². The zero-order valence-corrected chi connectivity index (χ0v) is 12.6. The lowest BCUT2D eigenvalue weighted by atomic mass is 10.4. The highest BCUT2D eigenvalue weighted by Gasteiger charge is 2.21.